The number of carbonyl (C=O) groups is 3. The number of hydrogen-bond donors (Lipinski definition) is 0. The summed E-state index contributed by atoms with van der Waals surface area (Å²) >= 11 is 0. The fraction of sp³-hybridized carbons (Fsp3) is 0.429. The smallest absolute Gasteiger partial charge is 0.323 e. The molecule has 0 atom stereocenters. The Kier molecular flexibility index (Phi) is 3.57. The molecule has 1 aliphatic carbocycles. The van der Waals surface area contributed by atoms with Crippen LogP contribution in [-0.4, -0.2) is 36.9 Å². The molecule has 0 saturated heterocycles. The Labute approximate surface area is 116 Å². The summed E-state index contributed by atoms with van der Waals surface area (Å²) in [5, 5.41) is 0. The molecule has 20 heavy (non-hydrogen) atoms. The highest BCUT2D eigenvalue weighted by molar-refractivity contribution is 6.01. The summed E-state index contributed by atoms with van der Waals surface area (Å²) in [7, 11) is 2.46. The highest BCUT2D eigenvalue weighted by Gasteiger charge is 2.52. The monoisotopic (exact) mass is 277 g/mol. The number of carbonyl (C=O) groups excluding carboxylic acids is 3. The van der Waals surface area contributed by atoms with E-state index in [1.807, 2.05) is 0 Å². The number of Topliss-reactive ketones (excluding diaryl/α,β-unsaturated/α-hetero) is 1. The van der Waals surface area contributed by atoms with E-state index in [0.717, 1.165) is 11.1 Å². The summed E-state index contributed by atoms with van der Waals surface area (Å²) in [5.74, 6) is -1.43. The molecule has 106 valence electrons. The van der Waals surface area contributed by atoms with Gasteiger partial charge >= 0.3 is 11.9 Å². The third kappa shape index (κ3) is 2.07. The molecular formula is C14H15NO5. The van der Waals surface area contributed by atoms with Crippen LogP contribution in [-0.2, 0) is 31.9 Å². The highest BCUT2D eigenvalue weighted by Crippen LogP contribution is 2.39. The van der Waals surface area contributed by atoms with Crippen molar-refractivity contribution in [2.24, 2.45) is 5.41 Å². The van der Waals surface area contributed by atoms with Crippen molar-refractivity contribution >= 4 is 17.7 Å². The first-order valence-electron chi connectivity index (χ1n) is 6.10. The van der Waals surface area contributed by atoms with Crippen molar-refractivity contribution in [2.75, 3.05) is 14.2 Å². The van der Waals surface area contributed by atoms with Gasteiger partial charge in [0.2, 0.25) is 0 Å². The second-order valence-electron chi connectivity index (χ2n) is 4.81. The number of fused-ring (bicyclic) bond motifs is 1. The van der Waals surface area contributed by atoms with Crippen molar-refractivity contribution in [1.29, 1.82) is 0 Å². The van der Waals surface area contributed by atoms with Crippen LogP contribution < -0.4 is 0 Å². The van der Waals surface area contributed by atoms with Crippen molar-refractivity contribution < 1.29 is 23.9 Å². The van der Waals surface area contributed by atoms with Gasteiger partial charge in [-0.15, -0.1) is 0 Å². The molecule has 1 aromatic heterocycles. The fourth-order valence-electron chi connectivity index (χ4n) is 2.52. The van der Waals surface area contributed by atoms with Crippen LogP contribution in [0.2, 0.25) is 0 Å². The van der Waals surface area contributed by atoms with Gasteiger partial charge in [0.15, 0.2) is 11.2 Å². The van der Waals surface area contributed by atoms with E-state index in [2.05, 4.69) is 4.98 Å². The summed E-state index contributed by atoms with van der Waals surface area (Å²) in [4.78, 5) is 39.4. The Hall–Kier alpha value is -2.24. The zero-order valence-electron chi connectivity index (χ0n) is 11.6. The molecular weight excluding hydrogens is 262 g/mol. The lowest BCUT2D eigenvalue weighted by molar-refractivity contribution is -0.168. The van der Waals surface area contributed by atoms with Crippen molar-refractivity contribution in [1.82, 2.24) is 4.98 Å². The molecule has 1 aliphatic rings. The lowest BCUT2D eigenvalue weighted by Gasteiger charge is -2.22. The number of esters is 2. The molecule has 0 amide bonds. The van der Waals surface area contributed by atoms with Crippen LogP contribution in [0.5, 0.6) is 0 Å². The van der Waals surface area contributed by atoms with E-state index in [9.17, 15) is 14.4 Å². The molecule has 0 radical (unpaired) electrons. The Bertz CT molecular complexity index is 577. The summed E-state index contributed by atoms with van der Waals surface area (Å²) < 4.78 is 9.48. The lowest BCUT2D eigenvalue weighted by atomic mass is 9.85. The van der Waals surface area contributed by atoms with Crippen LogP contribution in [0.25, 0.3) is 0 Å². The van der Waals surface area contributed by atoms with Gasteiger partial charge in [0.1, 0.15) is 5.69 Å². The van der Waals surface area contributed by atoms with Crippen molar-refractivity contribution in [3.05, 3.63) is 29.1 Å². The maximum Gasteiger partial charge on any atom is 0.323 e. The quantitative estimate of drug-likeness (QED) is 0.460. The number of ketones is 1. The number of aromatic nitrogens is 1. The minimum atomic E-state index is -1.37. The molecule has 6 heteroatoms. The Morgan fingerprint density at radius 2 is 1.65 bits per heavy atom. The number of pyridine rings is 1. The van der Waals surface area contributed by atoms with E-state index < -0.39 is 17.4 Å². The van der Waals surface area contributed by atoms with Crippen LogP contribution in [0.15, 0.2) is 12.3 Å². The van der Waals surface area contributed by atoms with Crippen molar-refractivity contribution in [3.63, 3.8) is 0 Å². The zero-order chi connectivity index (χ0) is 14.9. The standard InChI is InChI=1S/C14H15NO5/c1-8(16)11-4-9-5-14(12(17)19-2,13(18)20-3)6-10(9)7-15-11/h4,7H,5-6H2,1-3H3. The summed E-state index contributed by atoms with van der Waals surface area (Å²) in [6, 6.07) is 1.62. The van der Waals surface area contributed by atoms with Crippen LogP contribution in [0.1, 0.15) is 28.5 Å². The van der Waals surface area contributed by atoms with Gasteiger partial charge < -0.3 is 9.47 Å². The molecule has 1 heterocycles. The Morgan fingerprint density at radius 3 is 2.15 bits per heavy atom. The zero-order valence-corrected chi connectivity index (χ0v) is 11.6. The Balaban J connectivity index is 2.44. The number of nitrogens with zero attached hydrogens (tertiary/aromatic N) is 1. The number of ether oxygens (including phenoxy) is 2. The van der Waals surface area contributed by atoms with Gasteiger partial charge in [0, 0.05) is 19.5 Å². The minimum Gasteiger partial charge on any atom is -0.468 e. The van der Waals surface area contributed by atoms with Crippen molar-refractivity contribution in [3.8, 4) is 0 Å². The van der Waals surface area contributed by atoms with Crippen LogP contribution >= 0.6 is 0 Å². The van der Waals surface area contributed by atoms with E-state index in [0.29, 0.717) is 5.69 Å². The summed E-state index contributed by atoms with van der Waals surface area (Å²) in [6.07, 6.45) is 1.86. The predicted octanol–water partition coefficient (Wildman–Crippen LogP) is 0.715. The first kappa shape index (κ1) is 14.2. The van der Waals surface area contributed by atoms with Gasteiger partial charge in [-0.05, 0) is 23.6 Å². The second-order valence-corrected chi connectivity index (χ2v) is 4.81. The molecule has 0 N–H and O–H groups in total. The SMILES string of the molecule is COC(=O)C1(C(=O)OC)Cc2cnc(C(C)=O)cc2C1. The second kappa shape index (κ2) is 5.03. The summed E-state index contributed by atoms with van der Waals surface area (Å²) in [6.45, 7) is 1.41. The van der Waals surface area contributed by atoms with E-state index in [1.165, 1.54) is 27.3 Å². The van der Waals surface area contributed by atoms with E-state index in [-0.39, 0.29) is 18.6 Å². The molecule has 0 unspecified atom stereocenters. The Morgan fingerprint density at radius 1 is 1.10 bits per heavy atom. The third-order valence-corrected chi connectivity index (χ3v) is 3.58. The molecule has 6 nitrogen and oxygen atoms in total. The molecule has 0 saturated carbocycles. The maximum atomic E-state index is 12.0. The van der Waals surface area contributed by atoms with Gasteiger partial charge in [0.25, 0.3) is 0 Å². The number of hydrogen-bond acceptors (Lipinski definition) is 6. The van der Waals surface area contributed by atoms with E-state index in [1.54, 1.807) is 6.07 Å². The van der Waals surface area contributed by atoms with Crippen LogP contribution in [0, 0.1) is 5.41 Å². The molecule has 2 rings (SSSR count). The molecule has 0 aliphatic heterocycles. The van der Waals surface area contributed by atoms with Crippen molar-refractivity contribution in [2.45, 2.75) is 19.8 Å². The number of methoxy groups -OCH3 is 2. The van der Waals surface area contributed by atoms with E-state index in [4.69, 9.17) is 9.47 Å². The topological polar surface area (TPSA) is 82.6 Å². The van der Waals surface area contributed by atoms with Gasteiger partial charge in [-0.25, -0.2) is 0 Å². The molecule has 0 fully saturated rings. The third-order valence-electron chi connectivity index (χ3n) is 3.58. The maximum absolute atomic E-state index is 12.0. The lowest BCUT2D eigenvalue weighted by Crippen LogP contribution is -2.42. The van der Waals surface area contributed by atoms with E-state index >= 15 is 0 Å². The van der Waals surface area contributed by atoms with Gasteiger partial charge in [-0.3, -0.25) is 19.4 Å². The fourth-order valence-corrected chi connectivity index (χ4v) is 2.52. The average Bonchev–Trinajstić information content (AvgIpc) is 2.84. The predicted molar refractivity (Wildman–Crippen MR) is 68.1 cm³/mol. The molecule has 0 aromatic carbocycles. The molecule has 0 spiro atoms. The van der Waals surface area contributed by atoms with Gasteiger partial charge in [0.05, 0.1) is 14.2 Å². The van der Waals surface area contributed by atoms with Gasteiger partial charge in [-0.2, -0.15) is 0 Å². The largest absolute Gasteiger partial charge is 0.468 e. The first-order chi connectivity index (χ1) is 9.44. The number of rotatable bonds is 3. The summed E-state index contributed by atoms with van der Waals surface area (Å²) in [5.41, 5.74) is 0.448. The molecule has 0 bridgehead atoms. The first-order valence-corrected chi connectivity index (χ1v) is 6.10. The average molecular weight is 277 g/mol. The minimum absolute atomic E-state index is 0.157. The normalized spacial score (nSPS) is 15.3. The molecule has 1 aromatic rings. The van der Waals surface area contributed by atoms with Gasteiger partial charge in [-0.1, -0.05) is 0 Å². The highest BCUT2D eigenvalue weighted by atomic mass is 16.5. The van der Waals surface area contributed by atoms with Crippen LogP contribution in [0.4, 0.5) is 0 Å². The van der Waals surface area contributed by atoms with Crippen LogP contribution in [0.3, 0.4) is 0 Å².